The van der Waals surface area contributed by atoms with E-state index in [1.165, 1.54) is 17.1 Å². The third-order valence-corrected chi connectivity index (χ3v) is 7.02. The van der Waals surface area contributed by atoms with E-state index < -0.39 is 16.1 Å². The Morgan fingerprint density at radius 3 is 2.58 bits per heavy atom. The fraction of sp³-hybridized carbons (Fsp3) is 0.812. The van der Waals surface area contributed by atoms with Crippen molar-refractivity contribution in [3.63, 3.8) is 0 Å². The smallest absolute Gasteiger partial charge is 0.246 e. The Morgan fingerprint density at radius 1 is 1.29 bits per heavy atom. The van der Waals surface area contributed by atoms with Crippen molar-refractivity contribution in [1.29, 1.82) is 0 Å². The number of hydrogen-bond acceptors (Lipinski definition) is 5. The molecule has 1 aromatic heterocycles. The molecule has 2 aliphatic rings. The fourth-order valence-electron chi connectivity index (χ4n) is 3.27. The number of nitrogens with zero attached hydrogens (tertiary/aromatic N) is 3. The van der Waals surface area contributed by atoms with Gasteiger partial charge in [-0.2, -0.15) is 9.40 Å². The maximum absolute atomic E-state index is 12.9. The van der Waals surface area contributed by atoms with Crippen LogP contribution in [0.5, 0.6) is 0 Å². The predicted molar refractivity (Wildman–Crippen MR) is 89.2 cm³/mol. The summed E-state index contributed by atoms with van der Waals surface area (Å²) in [5.74, 6) is 0.775. The van der Waals surface area contributed by atoms with Crippen LogP contribution in [0.4, 0.5) is 0 Å². The van der Waals surface area contributed by atoms with Crippen molar-refractivity contribution < 1.29 is 18.3 Å². The molecule has 2 fully saturated rings. The van der Waals surface area contributed by atoms with Crippen LogP contribution in [0.15, 0.2) is 4.90 Å². The first-order valence-corrected chi connectivity index (χ1v) is 10.1. The zero-order valence-electron chi connectivity index (χ0n) is 14.4. The van der Waals surface area contributed by atoms with Crippen molar-refractivity contribution in [3.8, 4) is 0 Å². The van der Waals surface area contributed by atoms with Gasteiger partial charge in [-0.1, -0.05) is 12.8 Å². The summed E-state index contributed by atoms with van der Waals surface area (Å²) in [6.45, 7) is 5.41. The number of sulfonamides is 1. The molecule has 7 nitrogen and oxygen atoms in total. The molecule has 1 aliphatic carbocycles. The fourth-order valence-corrected chi connectivity index (χ4v) is 5.05. The maximum Gasteiger partial charge on any atom is 0.246 e. The monoisotopic (exact) mass is 357 g/mol. The van der Waals surface area contributed by atoms with Crippen LogP contribution in [0.25, 0.3) is 0 Å². The number of aliphatic hydroxyl groups excluding tert-OH is 1. The lowest BCUT2D eigenvalue weighted by Gasteiger charge is -2.26. The van der Waals surface area contributed by atoms with Gasteiger partial charge in [-0.25, -0.2) is 8.42 Å². The number of aryl methyl sites for hydroxylation is 1. The Labute approximate surface area is 143 Å². The predicted octanol–water partition coefficient (Wildman–Crippen LogP) is 1.07. The molecule has 1 aromatic rings. The van der Waals surface area contributed by atoms with E-state index in [1.54, 1.807) is 18.5 Å². The summed E-state index contributed by atoms with van der Waals surface area (Å²) in [5.41, 5.74) is 1.10. The van der Waals surface area contributed by atoms with Crippen LogP contribution in [0, 0.1) is 19.8 Å². The Hall–Kier alpha value is -0.960. The van der Waals surface area contributed by atoms with Crippen molar-refractivity contribution in [2.45, 2.75) is 57.1 Å². The SMILES string of the molecule is Cc1nn(CC(O)CCC2CC2)c(C)c1S(=O)(=O)N1CCOCC1. The van der Waals surface area contributed by atoms with Gasteiger partial charge in [0.1, 0.15) is 4.90 Å². The molecule has 1 saturated heterocycles. The second-order valence-electron chi connectivity index (χ2n) is 6.87. The molecule has 1 N–H and O–H groups in total. The molecule has 24 heavy (non-hydrogen) atoms. The Balaban J connectivity index is 1.75. The van der Waals surface area contributed by atoms with Gasteiger partial charge < -0.3 is 9.84 Å². The van der Waals surface area contributed by atoms with Crippen LogP contribution in [0.2, 0.25) is 0 Å². The highest BCUT2D eigenvalue weighted by Gasteiger charge is 2.32. The van der Waals surface area contributed by atoms with Gasteiger partial charge in [0, 0.05) is 13.1 Å². The first-order valence-electron chi connectivity index (χ1n) is 8.69. The van der Waals surface area contributed by atoms with Crippen LogP contribution in [0.3, 0.4) is 0 Å². The van der Waals surface area contributed by atoms with E-state index in [2.05, 4.69) is 5.10 Å². The molecule has 1 aliphatic heterocycles. The van der Waals surface area contributed by atoms with Crippen molar-refractivity contribution >= 4 is 10.0 Å². The third kappa shape index (κ3) is 3.82. The maximum atomic E-state index is 12.9. The number of aliphatic hydroxyl groups is 1. The highest BCUT2D eigenvalue weighted by molar-refractivity contribution is 7.89. The third-order valence-electron chi connectivity index (χ3n) is 4.87. The van der Waals surface area contributed by atoms with Crippen LogP contribution in [-0.2, 0) is 21.3 Å². The molecular weight excluding hydrogens is 330 g/mol. The van der Waals surface area contributed by atoms with Crippen molar-refractivity contribution in [1.82, 2.24) is 14.1 Å². The van der Waals surface area contributed by atoms with Crippen molar-refractivity contribution in [3.05, 3.63) is 11.4 Å². The summed E-state index contributed by atoms with van der Waals surface area (Å²) in [5, 5.41) is 14.6. The van der Waals surface area contributed by atoms with Gasteiger partial charge in [0.2, 0.25) is 10.0 Å². The number of hydrogen-bond donors (Lipinski definition) is 1. The minimum Gasteiger partial charge on any atom is -0.391 e. The summed E-state index contributed by atoms with van der Waals surface area (Å²) < 4.78 is 34.2. The van der Waals surface area contributed by atoms with Crippen molar-refractivity contribution in [2.24, 2.45) is 5.92 Å². The molecule has 3 rings (SSSR count). The summed E-state index contributed by atoms with van der Waals surface area (Å²) >= 11 is 0. The molecule has 0 spiro atoms. The van der Waals surface area contributed by atoms with Gasteiger partial charge in [-0.3, -0.25) is 4.68 Å². The Kier molecular flexibility index (Phi) is 5.29. The number of morpholine rings is 1. The van der Waals surface area contributed by atoms with Crippen molar-refractivity contribution in [2.75, 3.05) is 26.3 Å². The standard InChI is InChI=1S/C16H27N3O4S/c1-12-16(24(21,22)18-7-9-23-10-8-18)13(2)19(17-12)11-15(20)6-5-14-3-4-14/h14-15,20H,3-11H2,1-2H3. The van der Waals surface area contributed by atoms with Crippen LogP contribution < -0.4 is 0 Å². The molecule has 1 atom stereocenters. The lowest BCUT2D eigenvalue weighted by atomic mass is 10.1. The Morgan fingerprint density at radius 2 is 1.96 bits per heavy atom. The molecular formula is C16H27N3O4S. The lowest BCUT2D eigenvalue weighted by molar-refractivity contribution is 0.0730. The zero-order chi connectivity index (χ0) is 17.3. The van der Waals surface area contributed by atoms with Gasteiger partial charge in [-0.15, -0.1) is 0 Å². The van der Waals surface area contributed by atoms with E-state index in [1.807, 2.05) is 0 Å². The minimum atomic E-state index is -3.57. The first-order chi connectivity index (χ1) is 11.4. The summed E-state index contributed by atoms with van der Waals surface area (Å²) in [4.78, 5) is 0.277. The molecule has 0 bridgehead atoms. The summed E-state index contributed by atoms with van der Waals surface area (Å²) in [6.07, 6.45) is 3.85. The van der Waals surface area contributed by atoms with E-state index in [-0.39, 0.29) is 4.90 Å². The van der Waals surface area contributed by atoms with Crippen LogP contribution >= 0.6 is 0 Å². The van der Waals surface area contributed by atoms with Gasteiger partial charge >= 0.3 is 0 Å². The van der Waals surface area contributed by atoms with Crippen LogP contribution in [0.1, 0.15) is 37.1 Å². The van der Waals surface area contributed by atoms with Crippen LogP contribution in [-0.4, -0.2) is 60.0 Å². The van der Waals surface area contributed by atoms with E-state index >= 15 is 0 Å². The van der Waals surface area contributed by atoms with Gasteiger partial charge in [0.15, 0.2) is 0 Å². The average molecular weight is 357 g/mol. The molecule has 0 aromatic carbocycles. The average Bonchev–Trinajstić information content (AvgIpc) is 3.33. The lowest BCUT2D eigenvalue weighted by Crippen LogP contribution is -2.41. The van der Waals surface area contributed by atoms with E-state index in [4.69, 9.17) is 4.74 Å². The molecule has 8 heteroatoms. The number of aromatic nitrogens is 2. The van der Waals surface area contributed by atoms with Gasteiger partial charge in [-0.05, 0) is 32.6 Å². The van der Waals surface area contributed by atoms with E-state index in [9.17, 15) is 13.5 Å². The van der Waals surface area contributed by atoms with E-state index in [0.29, 0.717) is 44.2 Å². The normalized spacial score (nSPS) is 21.1. The molecule has 136 valence electrons. The topological polar surface area (TPSA) is 84.7 Å². The number of rotatable bonds is 7. The quantitative estimate of drug-likeness (QED) is 0.789. The highest BCUT2D eigenvalue weighted by atomic mass is 32.2. The molecule has 2 heterocycles. The highest BCUT2D eigenvalue weighted by Crippen LogP contribution is 2.34. The second-order valence-corrected chi connectivity index (χ2v) is 8.75. The van der Waals surface area contributed by atoms with Gasteiger partial charge in [0.25, 0.3) is 0 Å². The molecule has 0 amide bonds. The number of ether oxygens (including phenoxy) is 1. The molecule has 1 unspecified atom stereocenters. The largest absolute Gasteiger partial charge is 0.391 e. The molecule has 0 radical (unpaired) electrons. The Bertz CT molecular complexity index is 676. The minimum absolute atomic E-state index is 0.277. The molecule has 1 saturated carbocycles. The zero-order valence-corrected chi connectivity index (χ0v) is 15.3. The van der Waals surface area contributed by atoms with Gasteiger partial charge in [0.05, 0.1) is 37.3 Å². The summed E-state index contributed by atoms with van der Waals surface area (Å²) in [6, 6.07) is 0. The summed E-state index contributed by atoms with van der Waals surface area (Å²) in [7, 11) is -3.57. The second kappa shape index (κ2) is 7.11. The first kappa shape index (κ1) is 17.8. The van der Waals surface area contributed by atoms with E-state index in [0.717, 1.165) is 18.8 Å².